The van der Waals surface area contributed by atoms with E-state index in [2.05, 4.69) is 20.6 Å². The molecule has 1 aliphatic rings. The number of rotatable bonds is 5. The van der Waals surface area contributed by atoms with Crippen molar-refractivity contribution < 1.29 is 15.0 Å². The Hall–Kier alpha value is -2.32. The lowest BCUT2D eigenvalue weighted by Crippen LogP contribution is -2.54. The summed E-state index contributed by atoms with van der Waals surface area (Å²) in [5.41, 5.74) is 0.560. The number of carbonyl (C=O) groups is 1. The van der Waals surface area contributed by atoms with E-state index >= 15 is 0 Å². The van der Waals surface area contributed by atoms with E-state index in [0.29, 0.717) is 29.9 Å². The topological polar surface area (TPSA) is 115 Å². The summed E-state index contributed by atoms with van der Waals surface area (Å²) in [6.07, 6.45) is 1.46. The predicted octanol–water partition coefficient (Wildman–Crippen LogP) is 0.852. The van der Waals surface area contributed by atoms with Gasteiger partial charge in [0.25, 0.3) is 5.91 Å². The average molecular weight is 345 g/mol. The second-order valence-corrected chi connectivity index (χ2v) is 6.57. The van der Waals surface area contributed by atoms with Gasteiger partial charge in [0.05, 0.1) is 18.3 Å². The number of hydrogen-bond donors (Lipinski definition) is 3. The summed E-state index contributed by atoms with van der Waals surface area (Å²) < 4.78 is 0. The van der Waals surface area contributed by atoms with Crippen LogP contribution in [0.3, 0.4) is 0 Å². The summed E-state index contributed by atoms with van der Waals surface area (Å²) in [5, 5.41) is 34.2. The van der Waals surface area contributed by atoms with Crippen molar-refractivity contribution in [3.8, 4) is 11.4 Å². The maximum atomic E-state index is 13.0. The fraction of sp³-hybridized carbons (Fsp3) is 0.529. The van der Waals surface area contributed by atoms with E-state index in [1.165, 1.54) is 0 Å². The van der Waals surface area contributed by atoms with Crippen LogP contribution < -0.4 is 0 Å². The van der Waals surface area contributed by atoms with Crippen molar-refractivity contribution >= 4 is 5.91 Å². The molecule has 1 saturated heterocycles. The van der Waals surface area contributed by atoms with E-state index < -0.39 is 11.5 Å². The van der Waals surface area contributed by atoms with Crippen molar-refractivity contribution in [2.75, 3.05) is 19.7 Å². The van der Waals surface area contributed by atoms with Gasteiger partial charge in [0, 0.05) is 24.1 Å². The number of aromatic amines is 1. The molecule has 0 bridgehead atoms. The van der Waals surface area contributed by atoms with Gasteiger partial charge in [0.1, 0.15) is 0 Å². The van der Waals surface area contributed by atoms with Crippen LogP contribution in [-0.4, -0.2) is 67.4 Å². The van der Waals surface area contributed by atoms with Crippen LogP contribution in [0.4, 0.5) is 0 Å². The highest BCUT2D eigenvalue weighted by Gasteiger charge is 2.42. The fourth-order valence-corrected chi connectivity index (χ4v) is 3.57. The average Bonchev–Trinajstić information content (AvgIpc) is 3.17. The second kappa shape index (κ2) is 7.28. The second-order valence-electron chi connectivity index (χ2n) is 6.57. The number of carbonyl (C=O) groups excluding carboxylic acids is 1. The normalized spacial score (nSPS) is 23.6. The zero-order valence-corrected chi connectivity index (χ0v) is 14.2. The number of nitrogens with zero attached hydrogens (tertiary/aromatic N) is 4. The first-order valence-electron chi connectivity index (χ1n) is 8.52. The highest BCUT2D eigenvalue weighted by Crippen LogP contribution is 2.36. The molecule has 0 unspecified atom stereocenters. The lowest BCUT2D eigenvalue weighted by Gasteiger charge is -2.44. The third-order valence-electron chi connectivity index (χ3n) is 5.07. The molecular formula is C17H23N5O3. The van der Waals surface area contributed by atoms with Crippen LogP contribution in [0.25, 0.3) is 11.4 Å². The molecule has 8 heteroatoms. The number of nitrogens with one attached hydrogen (secondary N) is 1. The Labute approximate surface area is 145 Å². The number of β-amino-alcohol motifs (C(OH)–C–C–N with tert-alkyl or cyclic N) is 1. The van der Waals surface area contributed by atoms with Crippen LogP contribution in [-0.2, 0) is 0 Å². The molecule has 134 valence electrons. The molecule has 1 fully saturated rings. The third kappa shape index (κ3) is 3.27. The van der Waals surface area contributed by atoms with Crippen LogP contribution in [0.2, 0.25) is 0 Å². The smallest absolute Gasteiger partial charge is 0.254 e. The van der Waals surface area contributed by atoms with Gasteiger partial charge in [0.15, 0.2) is 0 Å². The molecule has 1 aromatic carbocycles. The molecule has 2 atom stereocenters. The Kier molecular flexibility index (Phi) is 5.10. The zero-order valence-electron chi connectivity index (χ0n) is 14.2. The molecule has 25 heavy (non-hydrogen) atoms. The first-order chi connectivity index (χ1) is 12.1. The maximum Gasteiger partial charge on any atom is 0.254 e. The van der Waals surface area contributed by atoms with Crippen molar-refractivity contribution in [1.29, 1.82) is 0 Å². The van der Waals surface area contributed by atoms with Gasteiger partial charge in [0.2, 0.25) is 5.82 Å². The third-order valence-corrected chi connectivity index (χ3v) is 5.07. The number of piperidine rings is 1. The molecule has 1 aromatic heterocycles. The molecule has 1 amide bonds. The Morgan fingerprint density at radius 3 is 2.88 bits per heavy atom. The highest BCUT2D eigenvalue weighted by atomic mass is 16.3. The number of amides is 1. The minimum atomic E-state index is -0.743. The fourth-order valence-electron chi connectivity index (χ4n) is 3.57. The molecule has 2 aromatic rings. The molecule has 3 N–H and O–H groups in total. The van der Waals surface area contributed by atoms with E-state index in [1.807, 2.05) is 13.0 Å². The number of benzene rings is 1. The first kappa shape index (κ1) is 17.5. The summed E-state index contributed by atoms with van der Waals surface area (Å²) in [7, 11) is 0. The van der Waals surface area contributed by atoms with Crippen molar-refractivity contribution in [2.24, 2.45) is 5.41 Å². The predicted molar refractivity (Wildman–Crippen MR) is 90.6 cm³/mol. The van der Waals surface area contributed by atoms with Crippen LogP contribution in [0.5, 0.6) is 0 Å². The SMILES string of the molecule is CCC[C@]1(CO)CCN(C(=O)c2ccccc2-c2nn[nH]n2)C[C@@H]1O. The Morgan fingerprint density at radius 1 is 1.44 bits per heavy atom. The number of aromatic nitrogens is 4. The minimum absolute atomic E-state index is 0.0660. The lowest BCUT2D eigenvalue weighted by atomic mass is 9.73. The molecular weight excluding hydrogens is 322 g/mol. The van der Waals surface area contributed by atoms with Crippen molar-refractivity contribution in [3.63, 3.8) is 0 Å². The molecule has 8 nitrogen and oxygen atoms in total. The van der Waals surface area contributed by atoms with Crippen LogP contribution in [0, 0.1) is 5.41 Å². The van der Waals surface area contributed by atoms with Gasteiger partial charge in [-0.2, -0.15) is 5.21 Å². The standard InChI is InChI=1S/C17H23N5O3/c1-2-7-17(11-23)8-9-22(10-14(17)24)16(25)13-6-4-3-5-12(13)15-18-20-21-19-15/h3-6,14,23-24H,2,7-11H2,1H3,(H,18,19,20,21)/t14-,17+/m0/s1. The number of aliphatic hydroxyl groups is 2. The summed E-state index contributed by atoms with van der Waals surface area (Å²) >= 11 is 0. The quantitative estimate of drug-likeness (QED) is 0.740. The van der Waals surface area contributed by atoms with Gasteiger partial charge in [-0.1, -0.05) is 31.5 Å². The van der Waals surface area contributed by atoms with E-state index in [4.69, 9.17) is 0 Å². The van der Waals surface area contributed by atoms with Crippen LogP contribution in [0.1, 0.15) is 36.5 Å². The lowest BCUT2D eigenvalue weighted by molar-refractivity contribution is -0.0713. The van der Waals surface area contributed by atoms with Crippen LogP contribution in [0.15, 0.2) is 24.3 Å². The molecule has 2 heterocycles. The zero-order chi connectivity index (χ0) is 17.9. The molecule has 1 aliphatic heterocycles. The van der Waals surface area contributed by atoms with Gasteiger partial charge < -0.3 is 15.1 Å². The number of likely N-dealkylation sites (tertiary alicyclic amines) is 1. The summed E-state index contributed by atoms with van der Waals surface area (Å²) in [6, 6.07) is 7.09. The van der Waals surface area contributed by atoms with E-state index in [9.17, 15) is 15.0 Å². The van der Waals surface area contributed by atoms with Crippen molar-refractivity contribution in [3.05, 3.63) is 29.8 Å². The minimum Gasteiger partial charge on any atom is -0.396 e. The maximum absolute atomic E-state index is 13.0. The Bertz CT molecular complexity index is 721. The number of hydrogen-bond acceptors (Lipinski definition) is 6. The van der Waals surface area contributed by atoms with Crippen LogP contribution >= 0.6 is 0 Å². The highest BCUT2D eigenvalue weighted by molar-refractivity contribution is 6.00. The van der Waals surface area contributed by atoms with E-state index in [0.717, 1.165) is 12.8 Å². The molecule has 0 aliphatic carbocycles. The van der Waals surface area contributed by atoms with Gasteiger partial charge in [-0.25, -0.2) is 0 Å². The monoisotopic (exact) mass is 345 g/mol. The molecule has 3 rings (SSSR count). The first-order valence-corrected chi connectivity index (χ1v) is 8.52. The van der Waals surface area contributed by atoms with E-state index in [-0.39, 0.29) is 19.1 Å². The Balaban J connectivity index is 1.82. The summed E-state index contributed by atoms with van der Waals surface area (Å²) in [6.45, 7) is 2.67. The summed E-state index contributed by atoms with van der Waals surface area (Å²) in [5.74, 6) is 0.180. The number of aliphatic hydroxyl groups excluding tert-OH is 2. The number of H-pyrrole nitrogens is 1. The Morgan fingerprint density at radius 2 is 2.24 bits per heavy atom. The van der Waals surface area contributed by atoms with Gasteiger partial charge in [-0.05, 0) is 24.1 Å². The van der Waals surface area contributed by atoms with Crippen molar-refractivity contribution in [1.82, 2.24) is 25.5 Å². The van der Waals surface area contributed by atoms with Gasteiger partial charge in [-0.3, -0.25) is 4.79 Å². The van der Waals surface area contributed by atoms with Gasteiger partial charge >= 0.3 is 0 Å². The molecule has 0 saturated carbocycles. The number of tetrazole rings is 1. The van der Waals surface area contributed by atoms with E-state index in [1.54, 1.807) is 23.1 Å². The largest absolute Gasteiger partial charge is 0.396 e. The summed E-state index contributed by atoms with van der Waals surface area (Å²) in [4.78, 5) is 14.6. The van der Waals surface area contributed by atoms with Crippen molar-refractivity contribution in [2.45, 2.75) is 32.3 Å². The van der Waals surface area contributed by atoms with Gasteiger partial charge in [-0.15, -0.1) is 10.2 Å². The molecule has 0 radical (unpaired) electrons. The molecule has 0 spiro atoms.